The molecule has 0 spiro atoms. The first-order valence-electron chi connectivity index (χ1n) is 9.02. The summed E-state index contributed by atoms with van der Waals surface area (Å²) in [5.41, 5.74) is 1.37. The summed E-state index contributed by atoms with van der Waals surface area (Å²) in [4.78, 5) is 18.6. The molecule has 1 aromatic rings. The van der Waals surface area contributed by atoms with Gasteiger partial charge < -0.3 is 15.0 Å². The van der Waals surface area contributed by atoms with Crippen LogP contribution in [0, 0.1) is 5.92 Å². The van der Waals surface area contributed by atoms with E-state index in [0.717, 1.165) is 42.8 Å². The predicted octanol–water partition coefficient (Wildman–Crippen LogP) is 3.16. The highest BCUT2D eigenvalue weighted by Crippen LogP contribution is 2.41. The average Bonchev–Trinajstić information content (AvgIpc) is 3.40. The molecule has 2 atom stereocenters. The number of nitrogens with zero attached hydrogens (tertiary/aromatic N) is 2. The number of benzene rings is 1. The zero-order valence-corrected chi connectivity index (χ0v) is 16.5. The Morgan fingerprint density at radius 2 is 2.00 bits per heavy atom. The standard InChI is InChI=1S/C19H26BrN3O2/c1-3-25-18(24)14-8-10-23(11-9-14)19(21-2)22-17-12-16(17)13-4-6-15(20)7-5-13/h4-7,14,16-17H,3,8-12H2,1-2H3,(H,21,22). The molecule has 1 saturated heterocycles. The second kappa shape index (κ2) is 8.21. The van der Waals surface area contributed by atoms with Crippen LogP contribution in [-0.2, 0) is 9.53 Å². The van der Waals surface area contributed by atoms with E-state index in [1.165, 1.54) is 5.56 Å². The van der Waals surface area contributed by atoms with Crippen LogP contribution in [-0.4, -0.2) is 49.6 Å². The number of aliphatic imine (C=N–C) groups is 1. The van der Waals surface area contributed by atoms with Crippen molar-refractivity contribution in [1.82, 2.24) is 10.2 Å². The molecule has 0 aromatic heterocycles. The number of piperidine rings is 1. The van der Waals surface area contributed by atoms with Gasteiger partial charge in [-0.25, -0.2) is 0 Å². The molecular formula is C19H26BrN3O2. The van der Waals surface area contributed by atoms with Crippen molar-refractivity contribution >= 4 is 27.9 Å². The highest BCUT2D eigenvalue weighted by Gasteiger charge is 2.40. The largest absolute Gasteiger partial charge is 0.466 e. The third-order valence-electron chi connectivity index (χ3n) is 5.03. The molecule has 0 bridgehead atoms. The van der Waals surface area contributed by atoms with Crippen LogP contribution in [0.5, 0.6) is 0 Å². The average molecular weight is 408 g/mol. The van der Waals surface area contributed by atoms with E-state index in [-0.39, 0.29) is 11.9 Å². The van der Waals surface area contributed by atoms with Gasteiger partial charge in [0.15, 0.2) is 5.96 Å². The molecule has 3 rings (SSSR count). The van der Waals surface area contributed by atoms with Crippen LogP contribution in [0.15, 0.2) is 33.7 Å². The highest BCUT2D eigenvalue weighted by molar-refractivity contribution is 9.10. The first-order valence-corrected chi connectivity index (χ1v) is 9.82. The molecule has 2 aliphatic rings. The van der Waals surface area contributed by atoms with E-state index in [9.17, 15) is 4.79 Å². The number of hydrogen-bond acceptors (Lipinski definition) is 3. The monoisotopic (exact) mass is 407 g/mol. The number of hydrogen-bond donors (Lipinski definition) is 1. The van der Waals surface area contributed by atoms with Crippen molar-refractivity contribution in [3.8, 4) is 0 Å². The Labute approximate surface area is 158 Å². The normalized spacial score (nSPS) is 24.1. The molecule has 1 aliphatic heterocycles. The Morgan fingerprint density at radius 1 is 1.32 bits per heavy atom. The lowest BCUT2D eigenvalue weighted by molar-refractivity contribution is -0.149. The minimum atomic E-state index is -0.0532. The zero-order chi connectivity index (χ0) is 17.8. The molecule has 1 N–H and O–H groups in total. The van der Waals surface area contributed by atoms with Gasteiger partial charge in [0.05, 0.1) is 12.5 Å². The number of carbonyl (C=O) groups excluding carboxylic acids is 1. The molecule has 6 heteroatoms. The van der Waals surface area contributed by atoms with Gasteiger partial charge in [0.25, 0.3) is 0 Å². The number of guanidine groups is 1. The molecule has 0 radical (unpaired) electrons. The Balaban J connectivity index is 1.50. The van der Waals surface area contributed by atoms with Crippen molar-refractivity contribution in [2.75, 3.05) is 26.7 Å². The minimum absolute atomic E-state index is 0.0331. The molecule has 1 aromatic carbocycles. The first kappa shape index (κ1) is 18.2. The van der Waals surface area contributed by atoms with Crippen LogP contribution in [0.1, 0.15) is 37.7 Å². The Bertz CT molecular complexity index is 624. The van der Waals surface area contributed by atoms with E-state index < -0.39 is 0 Å². The van der Waals surface area contributed by atoms with Crippen molar-refractivity contribution in [1.29, 1.82) is 0 Å². The number of ether oxygens (including phenoxy) is 1. The van der Waals surface area contributed by atoms with Crippen LogP contribution in [0.4, 0.5) is 0 Å². The van der Waals surface area contributed by atoms with Gasteiger partial charge in [-0.05, 0) is 43.9 Å². The van der Waals surface area contributed by atoms with Gasteiger partial charge in [0, 0.05) is 36.6 Å². The lowest BCUT2D eigenvalue weighted by atomic mass is 9.97. The Morgan fingerprint density at radius 3 is 2.60 bits per heavy atom. The molecule has 2 fully saturated rings. The van der Waals surface area contributed by atoms with Gasteiger partial charge in [-0.15, -0.1) is 0 Å². The van der Waals surface area contributed by atoms with Crippen LogP contribution in [0.25, 0.3) is 0 Å². The SMILES string of the molecule is CCOC(=O)C1CCN(C(=NC)NC2CC2c2ccc(Br)cc2)CC1. The van der Waals surface area contributed by atoms with Gasteiger partial charge in [-0.1, -0.05) is 28.1 Å². The summed E-state index contributed by atoms with van der Waals surface area (Å²) in [6.45, 7) is 4.01. The van der Waals surface area contributed by atoms with Crippen LogP contribution in [0.3, 0.4) is 0 Å². The number of rotatable bonds is 4. The van der Waals surface area contributed by atoms with Gasteiger partial charge in [0.1, 0.15) is 0 Å². The maximum absolute atomic E-state index is 11.9. The van der Waals surface area contributed by atoms with Crippen molar-refractivity contribution in [3.63, 3.8) is 0 Å². The topological polar surface area (TPSA) is 53.9 Å². The number of nitrogens with one attached hydrogen (secondary N) is 1. The fourth-order valence-corrected chi connectivity index (χ4v) is 3.75. The maximum atomic E-state index is 11.9. The molecule has 1 saturated carbocycles. The van der Waals surface area contributed by atoms with Crippen molar-refractivity contribution in [2.45, 2.75) is 38.1 Å². The summed E-state index contributed by atoms with van der Waals surface area (Å²) < 4.78 is 6.26. The van der Waals surface area contributed by atoms with Crippen LogP contribution >= 0.6 is 15.9 Å². The summed E-state index contributed by atoms with van der Waals surface area (Å²) in [5.74, 6) is 1.49. The van der Waals surface area contributed by atoms with E-state index >= 15 is 0 Å². The minimum Gasteiger partial charge on any atom is -0.466 e. The summed E-state index contributed by atoms with van der Waals surface area (Å²) in [6.07, 6.45) is 2.81. The number of carbonyl (C=O) groups is 1. The molecule has 25 heavy (non-hydrogen) atoms. The first-order chi connectivity index (χ1) is 12.1. The number of likely N-dealkylation sites (tertiary alicyclic amines) is 1. The lowest BCUT2D eigenvalue weighted by Gasteiger charge is -2.33. The number of halogens is 1. The Kier molecular flexibility index (Phi) is 5.99. The second-order valence-electron chi connectivity index (χ2n) is 6.71. The zero-order valence-electron chi connectivity index (χ0n) is 14.9. The Hall–Kier alpha value is -1.56. The third-order valence-corrected chi connectivity index (χ3v) is 5.56. The molecule has 136 valence electrons. The fraction of sp³-hybridized carbons (Fsp3) is 0.579. The summed E-state index contributed by atoms with van der Waals surface area (Å²) in [7, 11) is 1.83. The van der Waals surface area contributed by atoms with Gasteiger partial charge >= 0.3 is 5.97 Å². The summed E-state index contributed by atoms with van der Waals surface area (Å²) >= 11 is 3.48. The van der Waals surface area contributed by atoms with Crippen LogP contribution in [0.2, 0.25) is 0 Å². The number of esters is 1. The lowest BCUT2D eigenvalue weighted by Crippen LogP contribution is -2.47. The third kappa shape index (κ3) is 4.54. The quantitative estimate of drug-likeness (QED) is 0.473. The van der Waals surface area contributed by atoms with Crippen molar-refractivity contribution in [3.05, 3.63) is 34.3 Å². The van der Waals surface area contributed by atoms with Crippen molar-refractivity contribution < 1.29 is 9.53 Å². The molecule has 5 nitrogen and oxygen atoms in total. The smallest absolute Gasteiger partial charge is 0.309 e. The summed E-state index contributed by atoms with van der Waals surface area (Å²) in [6, 6.07) is 9.01. The van der Waals surface area contributed by atoms with Crippen LogP contribution < -0.4 is 5.32 Å². The van der Waals surface area contributed by atoms with Gasteiger partial charge in [-0.3, -0.25) is 9.79 Å². The highest BCUT2D eigenvalue weighted by atomic mass is 79.9. The molecule has 1 heterocycles. The predicted molar refractivity (Wildman–Crippen MR) is 103 cm³/mol. The van der Waals surface area contributed by atoms with E-state index in [0.29, 0.717) is 18.6 Å². The molecular weight excluding hydrogens is 382 g/mol. The van der Waals surface area contributed by atoms with Gasteiger partial charge in [-0.2, -0.15) is 0 Å². The molecule has 2 unspecified atom stereocenters. The van der Waals surface area contributed by atoms with E-state index in [1.807, 2.05) is 14.0 Å². The molecule has 0 amide bonds. The van der Waals surface area contributed by atoms with Gasteiger partial charge in [0.2, 0.25) is 0 Å². The van der Waals surface area contributed by atoms with E-state index in [1.54, 1.807) is 0 Å². The molecule has 1 aliphatic carbocycles. The summed E-state index contributed by atoms with van der Waals surface area (Å²) in [5, 5.41) is 3.59. The van der Waals surface area contributed by atoms with E-state index in [2.05, 4.69) is 55.4 Å². The van der Waals surface area contributed by atoms with Crippen molar-refractivity contribution in [2.24, 2.45) is 10.9 Å². The second-order valence-corrected chi connectivity index (χ2v) is 7.62. The fourth-order valence-electron chi connectivity index (χ4n) is 3.48. The van der Waals surface area contributed by atoms with E-state index in [4.69, 9.17) is 4.74 Å². The maximum Gasteiger partial charge on any atom is 0.309 e.